The van der Waals surface area contributed by atoms with Crippen molar-refractivity contribution in [3.8, 4) is 0 Å². The molecular weight excluding hydrogens is 162 g/mol. The average molecular weight is 177 g/mol. The molecule has 1 N–H and O–H groups in total. The molecular formula is C10H15N3. The van der Waals surface area contributed by atoms with Gasteiger partial charge in [-0.05, 0) is 19.8 Å². The SMILES string of the molecule is CCn1cc2c(n1)C[C@H]1CC[C@H]2N1. The van der Waals surface area contributed by atoms with Crippen LogP contribution in [0.25, 0.3) is 0 Å². The van der Waals surface area contributed by atoms with Crippen LogP contribution in [0.4, 0.5) is 0 Å². The number of hydrogen-bond acceptors (Lipinski definition) is 2. The van der Waals surface area contributed by atoms with Crippen molar-refractivity contribution in [3.63, 3.8) is 0 Å². The summed E-state index contributed by atoms with van der Waals surface area (Å²) in [6.45, 7) is 3.13. The summed E-state index contributed by atoms with van der Waals surface area (Å²) in [5, 5.41) is 8.22. The Kier molecular flexibility index (Phi) is 1.50. The molecule has 2 atom stereocenters. The zero-order chi connectivity index (χ0) is 8.84. The molecule has 3 rings (SSSR count). The highest BCUT2D eigenvalue weighted by Crippen LogP contribution is 2.34. The molecule has 70 valence electrons. The Hall–Kier alpha value is -0.830. The number of aryl methyl sites for hydroxylation is 1. The minimum absolute atomic E-state index is 0.606. The molecule has 3 heteroatoms. The molecule has 2 bridgehead atoms. The summed E-state index contributed by atoms with van der Waals surface area (Å²) < 4.78 is 2.06. The maximum Gasteiger partial charge on any atom is 0.0687 e. The largest absolute Gasteiger partial charge is 0.307 e. The van der Waals surface area contributed by atoms with Crippen molar-refractivity contribution in [2.45, 2.75) is 44.8 Å². The second-order valence-corrected chi connectivity index (χ2v) is 4.08. The summed E-state index contributed by atoms with van der Waals surface area (Å²) >= 11 is 0. The van der Waals surface area contributed by atoms with E-state index >= 15 is 0 Å². The lowest BCUT2D eigenvalue weighted by Gasteiger charge is -2.19. The van der Waals surface area contributed by atoms with Gasteiger partial charge in [-0.1, -0.05) is 0 Å². The highest BCUT2D eigenvalue weighted by atomic mass is 15.3. The van der Waals surface area contributed by atoms with Crippen molar-refractivity contribution in [2.24, 2.45) is 0 Å². The van der Waals surface area contributed by atoms with Crippen LogP contribution in [0.5, 0.6) is 0 Å². The van der Waals surface area contributed by atoms with Crippen molar-refractivity contribution in [1.82, 2.24) is 15.1 Å². The van der Waals surface area contributed by atoms with Crippen molar-refractivity contribution >= 4 is 0 Å². The fraction of sp³-hybridized carbons (Fsp3) is 0.700. The maximum absolute atomic E-state index is 4.59. The van der Waals surface area contributed by atoms with Crippen LogP contribution in [0.3, 0.4) is 0 Å². The maximum atomic E-state index is 4.59. The predicted molar refractivity (Wildman–Crippen MR) is 50.5 cm³/mol. The third-order valence-electron chi connectivity index (χ3n) is 3.25. The normalized spacial score (nSPS) is 30.5. The number of nitrogens with zero attached hydrogens (tertiary/aromatic N) is 2. The molecule has 3 heterocycles. The summed E-state index contributed by atoms with van der Waals surface area (Å²) in [4.78, 5) is 0. The zero-order valence-electron chi connectivity index (χ0n) is 7.95. The van der Waals surface area contributed by atoms with Crippen LogP contribution in [0, 0.1) is 0 Å². The molecule has 1 saturated heterocycles. The molecule has 2 aliphatic heterocycles. The van der Waals surface area contributed by atoms with E-state index in [0.29, 0.717) is 12.1 Å². The average Bonchev–Trinajstić information content (AvgIpc) is 2.71. The lowest BCUT2D eigenvalue weighted by molar-refractivity contribution is 0.509. The van der Waals surface area contributed by atoms with E-state index in [1.807, 2.05) is 0 Å². The monoisotopic (exact) mass is 177 g/mol. The Labute approximate surface area is 78.1 Å². The first-order valence-electron chi connectivity index (χ1n) is 5.19. The molecule has 3 nitrogen and oxygen atoms in total. The van der Waals surface area contributed by atoms with Crippen LogP contribution in [0.1, 0.15) is 37.1 Å². The van der Waals surface area contributed by atoms with E-state index in [9.17, 15) is 0 Å². The molecule has 0 radical (unpaired) electrons. The molecule has 0 saturated carbocycles. The van der Waals surface area contributed by atoms with Gasteiger partial charge in [0, 0.05) is 36.8 Å². The molecule has 1 aromatic heterocycles. The minimum atomic E-state index is 0.606. The van der Waals surface area contributed by atoms with Gasteiger partial charge in [0.2, 0.25) is 0 Å². The Morgan fingerprint density at radius 1 is 1.62 bits per heavy atom. The van der Waals surface area contributed by atoms with Gasteiger partial charge in [0.1, 0.15) is 0 Å². The van der Waals surface area contributed by atoms with Crippen LogP contribution in [-0.2, 0) is 13.0 Å². The minimum Gasteiger partial charge on any atom is -0.307 e. The number of fused-ring (bicyclic) bond motifs is 4. The molecule has 1 fully saturated rings. The van der Waals surface area contributed by atoms with E-state index in [2.05, 4.69) is 28.2 Å². The van der Waals surface area contributed by atoms with Crippen LogP contribution in [0.15, 0.2) is 6.20 Å². The molecule has 0 spiro atoms. The third kappa shape index (κ3) is 1.03. The first-order chi connectivity index (χ1) is 6.36. The molecule has 0 unspecified atom stereocenters. The number of hydrogen-bond donors (Lipinski definition) is 1. The third-order valence-corrected chi connectivity index (χ3v) is 3.25. The lowest BCUT2D eigenvalue weighted by Crippen LogP contribution is -2.31. The van der Waals surface area contributed by atoms with Crippen molar-refractivity contribution in [2.75, 3.05) is 0 Å². The van der Waals surface area contributed by atoms with Crippen LogP contribution in [0.2, 0.25) is 0 Å². The van der Waals surface area contributed by atoms with E-state index in [-0.39, 0.29) is 0 Å². The Morgan fingerprint density at radius 2 is 2.54 bits per heavy atom. The van der Waals surface area contributed by atoms with Gasteiger partial charge in [0.25, 0.3) is 0 Å². The predicted octanol–water partition coefficient (Wildman–Crippen LogP) is 1.25. The van der Waals surface area contributed by atoms with Gasteiger partial charge in [-0.3, -0.25) is 4.68 Å². The molecule has 13 heavy (non-hydrogen) atoms. The van der Waals surface area contributed by atoms with E-state index < -0.39 is 0 Å². The summed E-state index contributed by atoms with van der Waals surface area (Å²) in [7, 11) is 0. The Bertz CT molecular complexity index is 329. The first kappa shape index (κ1) is 7.56. The Morgan fingerprint density at radius 3 is 3.38 bits per heavy atom. The van der Waals surface area contributed by atoms with Gasteiger partial charge >= 0.3 is 0 Å². The van der Waals surface area contributed by atoms with Gasteiger partial charge < -0.3 is 5.32 Å². The number of nitrogens with one attached hydrogen (secondary N) is 1. The van der Waals surface area contributed by atoms with Gasteiger partial charge in [-0.2, -0.15) is 5.10 Å². The second kappa shape index (κ2) is 2.58. The fourth-order valence-electron chi connectivity index (χ4n) is 2.55. The van der Waals surface area contributed by atoms with E-state index in [1.54, 1.807) is 0 Å². The molecule has 0 amide bonds. The van der Waals surface area contributed by atoms with Gasteiger partial charge in [-0.15, -0.1) is 0 Å². The molecule has 0 aromatic carbocycles. The summed E-state index contributed by atoms with van der Waals surface area (Å²) in [6, 6.07) is 1.31. The van der Waals surface area contributed by atoms with Crippen LogP contribution in [-0.4, -0.2) is 15.8 Å². The number of aromatic nitrogens is 2. The van der Waals surface area contributed by atoms with Crippen molar-refractivity contribution in [3.05, 3.63) is 17.5 Å². The highest BCUT2D eigenvalue weighted by molar-refractivity contribution is 5.27. The van der Waals surface area contributed by atoms with Crippen LogP contribution >= 0.6 is 0 Å². The van der Waals surface area contributed by atoms with Gasteiger partial charge in [-0.25, -0.2) is 0 Å². The van der Waals surface area contributed by atoms with Crippen molar-refractivity contribution in [1.29, 1.82) is 0 Å². The molecule has 1 aromatic rings. The van der Waals surface area contributed by atoms with Gasteiger partial charge in [0.15, 0.2) is 0 Å². The highest BCUT2D eigenvalue weighted by Gasteiger charge is 2.33. The van der Waals surface area contributed by atoms with Crippen molar-refractivity contribution < 1.29 is 0 Å². The fourth-order valence-corrected chi connectivity index (χ4v) is 2.55. The quantitative estimate of drug-likeness (QED) is 0.699. The first-order valence-corrected chi connectivity index (χ1v) is 5.19. The van der Waals surface area contributed by atoms with Crippen LogP contribution < -0.4 is 5.32 Å². The van der Waals surface area contributed by atoms with E-state index in [1.165, 1.54) is 24.1 Å². The van der Waals surface area contributed by atoms with E-state index in [0.717, 1.165) is 13.0 Å². The topological polar surface area (TPSA) is 29.9 Å². The summed E-state index contributed by atoms with van der Waals surface area (Å²) in [6.07, 6.45) is 5.98. The lowest BCUT2D eigenvalue weighted by atomic mass is 10.0. The summed E-state index contributed by atoms with van der Waals surface area (Å²) in [5.41, 5.74) is 2.80. The van der Waals surface area contributed by atoms with E-state index in [4.69, 9.17) is 0 Å². The second-order valence-electron chi connectivity index (χ2n) is 4.08. The number of rotatable bonds is 1. The van der Waals surface area contributed by atoms with Gasteiger partial charge in [0.05, 0.1) is 5.69 Å². The zero-order valence-corrected chi connectivity index (χ0v) is 7.95. The summed E-state index contributed by atoms with van der Waals surface area (Å²) in [5.74, 6) is 0. The molecule has 0 aliphatic carbocycles. The standard InChI is InChI=1S/C10H15N3/c1-2-13-6-8-9-4-3-7(11-9)5-10(8)12-13/h6-7,9,11H,2-5H2,1H3/t7-,9-/m1/s1. The Balaban J connectivity index is 2.04. The smallest absolute Gasteiger partial charge is 0.0687 e. The molecule has 2 aliphatic rings.